The number of hydrogen-bond donors (Lipinski definition) is 0. The van der Waals surface area contributed by atoms with Gasteiger partial charge < -0.3 is 9.64 Å². The Labute approximate surface area is 137 Å². The molecule has 0 saturated heterocycles. The summed E-state index contributed by atoms with van der Waals surface area (Å²) in [6, 6.07) is 7.68. The third-order valence-corrected chi connectivity index (χ3v) is 7.16. The Morgan fingerprint density at radius 2 is 1.91 bits per heavy atom. The third-order valence-electron chi connectivity index (χ3n) is 5.13. The summed E-state index contributed by atoms with van der Waals surface area (Å²) < 4.78 is 28.9. The van der Waals surface area contributed by atoms with Crippen molar-refractivity contribution in [3.8, 4) is 5.75 Å². The quantitative estimate of drug-likeness (QED) is 0.829. The number of para-hydroxylation sites is 1. The highest BCUT2D eigenvalue weighted by Gasteiger charge is 2.48. The fourth-order valence-electron chi connectivity index (χ4n) is 3.12. The van der Waals surface area contributed by atoms with E-state index in [0.717, 1.165) is 36.8 Å². The van der Waals surface area contributed by atoms with Gasteiger partial charge in [-0.1, -0.05) is 18.2 Å². The van der Waals surface area contributed by atoms with Gasteiger partial charge in [-0.05, 0) is 39.2 Å². The molecule has 1 aliphatic carbocycles. The number of carbonyl (C=O) groups is 1. The van der Waals surface area contributed by atoms with Gasteiger partial charge in [0.1, 0.15) is 16.1 Å². The predicted octanol–water partition coefficient (Wildman–Crippen LogP) is 2.15. The minimum absolute atomic E-state index is 0.355. The number of rotatable bonds is 2. The molecule has 6 heteroatoms. The highest BCUT2D eigenvalue weighted by atomic mass is 32.2. The molecule has 1 spiro atoms. The normalized spacial score (nSPS) is 20.2. The second-order valence-corrected chi connectivity index (χ2v) is 9.75. The molecule has 0 N–H and O–H groups in total. The van der Waals surface area contributed by atoms with Crippen LogP contribution in [0.25, 0.3) is 0 Å². The van der Waals surface area contributed by atoms with Crippen LogP contribution in [0, 0.1) is 0 Å². The Bertz CT molecular complexity index is 735. The van der Waals surface area contributed by atoms with E-state index in [0.29, 0.717) is 13.1 Å². The summed E-state index contributed by atoms with van der Waals surface area (Å²) in [5, 5.41) is 0. The van der Waals surface area contributed by atoms with Gasteiger partial charge in [0, 0.05) is 18.4 Å². The van der Waals surface area contributed by atoms with E-state index in [-0.39, 0.29) is 11.5 Å². The van der Waals surface area contributed by atoms with Gasteiger partial charge in [0.15, 0.2) is 9.84 Å². The fraction of sp³-hybridized carbons (Fsp3) is 0.588. The molecular weight excluding hydrogens is 314 g/mol. The Morgan fingerprint density at radius 3 is 2.48 bits per heavy atom. The lowest BCUT2D eigenvalue weighted by Gasteiger charge is -2.43. The maximum absolute atomic E-state index is 12.9. The molecule has 1 amide bonds. The van der Waals surface area contributed by atoms with Crippen LogP contribution < -0.4 is 4.74 Å². The molecule has 2 aliphatic rings. The standard InChI is InChI=1S/C17H23NO4S/c1-16(2,23(3,20)21)15(19)18-11-13-7-4-5-8-14(13)22-17(12-18)9-6-10-17/h4-5,7-8H,6,9-12H2,1-3H3. The van der Waals surface area contributed by atoms with Crippen molar-refractivity contribution in [3.05, 3.63) is 29.8 Å². The zero-order chi connectivity index (χ0) is 16.9. The molecule has 3 rings (SSSR count). The number of ether oxygens (including phenoxy) is 1. The number of hydrogen-bond acceptors (Lipinski definition) is 4. The topological polar surface area (TPSA) is 63.7 Å². The molecule has 0 atom stereocenters. The summed E-state index contributed by atoms with van der Waals surface area (Å²) in [6.07, 6.45) is 3.97. The first-order chi connectivity index (χ1) is 10.6. The van der Waals surface area contributed by atoms with Crippen LogP contribution >= 0.6 is 0 Å². The zero-order valence-electron chi connectivity index (χ0n) is 13.8. The van der Waals surface area contributed by atoms with Crippen LogP contribution in [0.15, 0.2) is 24.3 Å². The fourth-order valence-corrected chi connectivity index (χ4v) is 3.57. The number of benzene rings is 1. The van der Waals surface area contributed by atoms with Crippen LogP contribution in [0.2, 0.25) is 0 Å². The average molecular weight is 337 g/mol. The second-order valence-electron chi connectivity index (χ2n) is 7.19. The van der Waals surface area contributed by atoms with E-state index in [2.05, 4.69) is 0 Å². The molecule has 1 aromatic carbocycles. The molecule has 0 bridgehead atoms. The van der Waals surface area contributed by atoms with Gasteiger partial charge in [-0.15, -0.1) is 0 Å². The van der Waals surface area contributed by atoms with Gasteiger partial charge in [-0.2, -0.15) is 0 Å². The van der Waals surface area contributed by atoms with Gasteiger partial charge in [0.25, 0.3) is 0 Å². The van der Waals surface area contributed by atoms with E-state index >= 15 is 0 Å². The monoisotopic (exact) mass is 337 g/mol. The summed E-state index contributed by atoms with van der Waals surface area (Å²) in [4.78, 5) is 14.6. The number of fused-ring (bicyclic) bond motifs is 1. The van der Waals surface area contributed by atoms with E-state index in [1.54, 1.807) is 4.90 Å². The first kappa shape index (κ1) is 16.3. The van der Waals surface area contributed by atoms with Gasteiger partial charge >= 0.3 is 0 Å². The van der Waals surface area contributed by atoms with E-state index in [4.69, 9.17) is 4.74 Å². The molecule has 23 heavy (non-hydrogen) atoms. The van der Waals surface area contributed by atoms with Crippen molar-refractivity contribution in [2.45, 2.75) is 50.0 Å². The lowest BCUT2D eigenvalue weighted by Crippen LogP contribution is -2.56. The molecular formula is C17H23NO4S. The van der Waals surface area contributed by atoms with Crippen molar-refractivity contribution in [1.29, 1.82) is 0 Å². The van der Waals surface area contributed by atoms with Crippen LogP contribution in [0.3, 0.4) is 0 Å². The van der Waals surface area contributed by atoms with E-state index < -0.39 is 14.6 Å². The smallest absolute Gasteiger partial charge is 0.243 e. The molecule has 0 aromatic heterocycles. The molecule has 1 aliphatic heterocycles. The molecule has 1 fully saturated rings. The summed E-state index contributed by atoms with van der Waals surface area (Å²) in [7, 11) is -3.50. The van der Waals surface area contributed by atoms with Crippen molar-refractivity contribution < 1.29 is 17.9 Å². The largest absolute Gasteiger partial charge is 0.485 e. The van der Waals surface area contributed by atoms with Crippen LogP contribution in [0.5, 0.6) is 5.75 Å². The predicted molar refractivity (Wildman–Crippen MR) is 88.0 cm³/mol. The summed E-state index contributed by atoms with van der Waals surface area (Å²) in [5.41, 5.74) is 0.560. The van der Waals surface area contributed by atoms with Crippen LogP contribution in [-0.2, 0) is 21.2 Å². The Morgan fingerprint density at radius 1 is 1.26 bits per heavy atom. The molecule has 5 nitrogen and oxygen atoms in total. The molecule has 0 radical (unpaired) electrons. The lowest BCUT2D eigenvalue weighted by atomic mass is 9.79. The molecule has 1 aromatic rings. The van der Waals surface area contributed by atoms with Gasteiger partial charge in [0.2, 0.25) is 5.91 Å². The number of sulfone groups is 1. The van der Waals surface area contributed by atoms with Crippen LogP contribution in [-0.4, -0.2) is 42.4 Å². The van der Waals surface area contributed by atoms with E-state index in [1.165, 1.54) is 13.8 Å². The lowest BCUT2D eigenvalue weighted by molar-refractivity contribution is -0.138. The maximum Gasteiger partial charge on any atom is 0.243 e. The highest BCUT2D eigenvalue weighted by Crippen LogP contribution is 2.41. The van der Waals surface area contributed by atoms with E-state index in [9.17, 15) is 13.2 Å². The van der Waals surface area contributed by atoms with Crippen molar-refractivity contribution in [3.63, 3.8) is 0 Å². The summed E-state index contributed by atoms with van der Waals surface area (Å²) in [6.45, 7) is 3.79. The Hall–Kier alpha value is -1.56. The molecule has 126 valence electrons. The van der Waals surface area contributed by atoms with Gasteiger partial charge in [-0.25, -0.2) is 8.42 Å². The van der Waals surface area contributed by atoms with Crippen molar-refractivity contribution in [1.82, 2.24) is 4.90 Å². The Balaban J connectivity index is 1.98. The van der Waals surface area contributed by atoms with Crippen molar-refractivity contribution >= 4 is 15.7 Å². The first-order valence-electron chi connectivity index (χ1n) is 7.91. The molecule has 1 heterocycles. The van der Waals surface area contributed by atoms with E-state index in [1.807, 2.05) is 24.3 Å². The zero-order valence-corrected chi connectivity index (χ0v) is 14.6. The SMILES string of the molecule is CC(C)(C(=O)N1Cc2ccccc2OC2(CCC2)C1)S(C)(=O)=O. The number of amides is 1. The molecule has 1 saturated carbocycles. The Kier molecular flexibility index (Phi) is 3.71. The third kappa shape index (κ3) is 2.73. The van der Waals surface area contributed by atoms with Crippen molar-refractivity contribution in [2.75, 3.05) is 12.8 Å². The minimum atomic E-state index is -3.50. The second kappa shape index (κ2) is 5.23. The highest BCUT2D eigenvalue weighted by molar-refractivity contribution is 7.92. The van der Waals surface area contributed by atoms with Gasteiger partial charge in [0.05, 0.1) is 6.54 Å². The van der Waals surface area contributed by atoms with Crippen LogP contribution in [0.4, 0.5) is 0 Å². The summed E-state index contributed by atoms with van der Waals surface area (Å²) >= 11 is 0. The first-order valence-corrected chi connectivity index (χ1v) is 9.80. The summed E-state index contributed by atoms with van der Waals surface area (Å²) in [5.74, 6) is 0.450. The number of carbonyl (C=O) groups excluding carboxylic acids is 1. The van der Waals surface area contributed by atoms with Crippen LogP contribution in [0.1, 0.15) is 38.7 Å². The maximum atomic E-state index is 12.9. The minimum Gasteiger partial charge on any atom is -0.485 e. The number of nitrogens with zero attached hydrogens (tertiary/aromatic N) is 1. The van der Waals surface area contributed by atoms with Gasteiger partial charge in [-0.3, -0.25) is 4.79 Å². The molecule has 0 unspecified atom stereocenters. The van der Waals surface area contributed by atoms with Crippen molar-refractivity contribution in [2.24, 2.45) is 0 Å². The average Bonchev–Trinajstić information content (AvgIpc) is 2.61.